The molecule has 3 heteroatoms. The summed E-state index contributed by atoms with van der Waals surface area (Å²) in [5, 5.41) is 0. The van der Waals surface area contributed by atoms with Crippen molar-refractivity contribution >= 4 is 11.6 Å². The smallest absolute Gasteiger partial charge is 0.228 e. The number of benzene rings is 1. The largest absolute Gasteiger partial charge is 0.349 e. The van der Waals surface area contributed by atoms with Gasteiger partial charge in [-0.3, -0.25) is 4.79 Å². The molecule has 0 radical (unpaired) electrons. The van der Waals surface area contributed by atoms with E-state index in [4.69, 9.17) is 0 Å². The lowest BCUT2D eigenvalue weighted by molar-refractivity contribution is -0.118. The molecule has 0 N–H and O–H groups in total. The number of amides is 1. The monoisotopic (exact) mass is 270 g/mol. The van der Waals surface area contributed by atoms with E-state index < -0.39 is 0 Å². The maximum Gasteiger partial charge on any atom is 0.228 e. The van der Waals surface area contributed by atoms with Gasteiger partial charge in [-0.1, -0.05) is 18.2 Å². The first-order valence-electron chi connectivity index (χ1n) is 7.11. The summed E-state index contributed by atoms with van der Waals surface area (Å²) in [6, 6.07) is 14.0. The fraction of sp³-hybridized carbons (Fsp3) is 0.353. The third-order valence-electron chi connectivity index (χ3n) is 3.65. The lowest BCUT2D eigenvalue weighted by Crippen LogP contribution is -2.31. The van der Waals surface area contributed by atoms with Gasteiger partial charge in [0, 0.05) is 36.6 Å². The molecule has 0 unspecified atom stereocenters. The van der Waals surface area contributed by atoms with E-state index in [2.05, 4.69) is 30.5 Å². The van der Waals surface area contributed by atoms with Crippen molar-refractivity contribution in [2.24, 2.45) is 0 Å². The van der Waals surface area contributed by atoms with Crippen LogP contribution in [0.2, 0.25) is 0 Å². The minimum Gasteiger partial charge on any atom is -0.349 e. The quantitative estimate of drug-likeness (QED) is 0.815. The lowest BCUT2D eigenvalue weighted by atomic mass is 10.2. The van der Waals surface area contributed by atoms with Gasteiger partial charge >= 0.3 is 0 Å². The third-order valence-corrected chi connectivity index (χ3v) is 3.65. The summed E-state index contributed by atoms with van der Waals surface area (Å²) in [7, 11) is 0. The number of para-hydroxylation sites is 1. The van der Waals surface area contributed by atoms with E-state index in [1.165, 1.54) is 11.4 Å². The van der Waals surface area contributed by atoms with E-state index in [1.807, 2.05) is 42.2 Å². The number of hydrogen-bond donors (Lipinski definition) is 0. The van der Waals surface area contributed by atoms with Gasteiger partial charge in [0.15, 0.2) is 0 Å². The first kappa shape index (κ1) is 14.4. The Morgan fingerprint density at radius 2 is 1.65 bits per heavy atom. The molecule has 0 aliphatic carbocycles. The summed E-state index contributed by atoms with van der Waals surface area (Å²) in [5.41, 5.74) is 3.39. The summed E-state index contributed by atoms with van der Waals surface area (Å²) in [5.74, 6) is 0.172. The van der Waals surface area contributed by atoms with E-state index in [9.17, 15) is 4.79 Å². The van der Waals surface area contributed by atoms with E-state index >= 15 is 0 Å². The molecule has 2 aromatic rings. The van der Waals surface area contributed by atoms with Gasteiger partial charge in [0.05, 0.1) is 0 Å². The lowest BCUT2D eigenvalue weighted by Gasteiger charge is -2.21. The SMILES string of the molecule is CCN(C(=O)CCn1c(C)ccc1C)c1ccccc1. The van der Waals surface area contributed by atoms with E-state index in [0.29, 0.717) is 13.0 Å². The predicted octanol–water partition coefficient (Wildman–Crippen LogP) is 3.55. The molecule has 0 aliphatic heterocycles. The van der Waals surface area contributed by atoms with Gasteiger partial charge in [0.25, 0.3) is 0 Å². The van der Waals surface area contributed by atoms with Crippen molar-refractivity contribution < 1.29 is 4.79 Å². The van der Waals surface area contributed by atoms with Crippen molar-refractivity contribution in [3.8, 4) is 0 Å². The van der Waals surface area contributed by atoms with Gasteiger partial charge in [-0.25, -0.2) is 0 Å². The van der Waals surface area contributed by atoms with Crippen molar-refractivity contribution in [2.45, 2.75) is 33.7 Å². The zero-order valence-corrected chi connectivity index (χ0v) is 12.5. The maximum absolute atomic E-state index is 12.4. The number of anilines is 1. The second kappa shape index (κ2) is 6.42. The Hall–Kier alpha value is -2.03. The Kier molecular flexibility index (Phi) is 4.61. The van der Waals surface area contributed by atoms with Crippen LogP contribution in [0, 0.1) is 13.8 Å². The highest BCUT2D eigenvalue weighted by molar-refractivity contribution is 5.93. The number of carbonyl (C=O) groups excluding carboxylic acids is 1. The van der Waals surface area contributed by atoms with E-state index in [1.54, 1.807) is 0 Å². The van der Waals surface area contributed by atoms with E-state index in [0.717, 1.165) is 12.2 Å². The molecule has 0 atom stereocenters. The van der Waals surface area contributed by atoms with Crippen LogP contribution in [0.15, 0.2) is 42.5 Å². The Bertz CT molecular complexity index is 552. The summed E-state index contributed by atoms with van der Waals surface area (Å²) in [6.07, 6.45) is 0.527. The molecule has 0 saturated heterocycles. The van der Waals surface area contributed by atoms with Crippen LogP contribution in [0.3, 0.4) is 0 Å². The minimum absolute atomic E-state index is 0.172. The highest BCUT2D eigenvalue weighted by Gasteiger charge is 2.14. The molecule has 1 aromatic heterocycles. The fourth-order valence-corrected chi connectivity index (χ4v) is 2.51. The first-order valence-corrected chi connectivity index (χ1v) is 7.11. The third kappa shape index (κ3) is 3.10. The van der Waals surface area contributed by atoms with Gasteiger partial charge < -0.3 is 9.47 Å². The number of aryl methyl sites for hydroxylation is 2. The topological polar surface area (TPSA) is 25.2 Å². The zero-order chi connectivity index (χ0) is 14.5. The number of rotatable bonds is 5. The average molecular weight is 270 g/mol. The molecule has 0 bridgehead atoms. The summed E-state index contributed by atoms with van der Waals surface area (Å²) < 4.78 is 2.19. The van der Waals surface area contributed by atoms with Gasteiger partial charge in [0.2, 0.25) is 5.91 Å². The van der Waals surface area contributed by atoms with Gasteiger partial charge in [-0.15, -0.1) is 0 Å². The van der Waals surface area contributed by atoms with Crippen molar-refractivity contribution in [1.29, 1.82) is 0 Å². The molecule has 0 spiro atoms. The van der Waals surface area contributed by atoms with E-state index in [-0.39, 0.29) is 5.91 Å². The van der Waals surface area contributed by atoms with Crippen LogP contribution in [0.5, 0.6) is 0 Å². The highest BCUT2D eigenvalue weighted by Crippen LogP contribution is 2.15. The number of carbonyl (C=O) groups is 1. The molecular weight excluding hydrogens is 248 g/mol. The number of hydrogen-bond acceptors (Lipinski definition) is 1. The summed E-state index contributed by atoms with van der Waals surface area (Å²) in [6.45, 7) is 7.61. The normalized spacial score (nSPS) is 10.6. The highest BCUT2D eigenvalue weighted by atomic mass is 16.2. The van der Waals surface area contributed by atoms with Gasteiger partial charge in [-0.05, 0) is 45.0 Å². The van der Waals surface area contributed by atoms with Crippen LogP contribution in [0.4, 0.5) is 5.69 Å². The standard InChI is InChI=1S/C17H22N2O/c1-4-18(16-8-6-5-7-9-16)17(20)12-13-19-14(2)10-11-15(19)3/h5-11H,4,12-13H2,1-3H3. The summed E-state index contributed by atoms with van der Waals surface area (Å²) in [4.78, 5) is 14.2. The maximum atomic E-state index is 12.4. The number of nitrogens with zero attached hydrogens (tertiary/aromatic N) is 2. The predicted molar refractivity (Wildman–Crippen MR) is 83.0 cm³/mol. The van der Waals surface area contributed by atoms with Crippen LogP contribution >= 0.6 is 0 Å². The van der Waals surface area contributed by atoms with Gasteiger partial charge in [-0.2, -0.15) is 0 Å². The van der Waals surface area contributed by atoms with Crippen molar-refractivity contribution in [3.63, 3.8) is 0 Å². The Balaban J connectivity index is 2.04. The molecule has 0 fully saturated rings. The van der Waals surface area contributed by atoms with Crippen LogP contribution in [0.1, 0.15) is 24.7 Å². The second-order valence-electron chi connectivity index (χ2n) is 4.99. The zero-order valence-electron chi connectivity index (χ0n) is 12.5. The van der Waals surface area contributed by atoms with Crippen molar-refractivity contribution in [3.05, 3.63) is 53.9 Å². The molecule has 2 rings (SSSR count). The molecule has 1 amide bonds. The Labute approximate surface area is 120 Å². The molecule has 0 aliphatic rings. The van der Waals surface area contributed by atoms with Crippen LogP contribution < -0.4 is 4.90 Å². The van der Waals surface area contributed by atoms with Gasteiger partial charge in [0.1, 0.15) is 0 Å². The van der Waals surface area contributed by atoms with Crippen LogP contribution in [-0.4, -0.2) is 17.0 Å². The Morgan fingerprint density at radius 1 is 1.05 bits per heavy atom. The Morgan fingerprint density at radius 3 is 2.20 bits per heavy atom. The molecule has 3 nitrogen and oxygen atoms in total. The minimum atomic E-state index is 0.172. The molecular formula is C17H22N2O. The van der Waals surface area contributed by atoms with Crippen LogP contribution in [0.25, 0.3) is 0 Å². The molecule has 1 heterocycles. The van der Waals surface area contributed by atoms with Crippen molar-refractivity contribution in [1.82, 2.24) is 4.57 Å². The first-order chi connectivity index (χ1) is 9.63. The molecule has 1 aromatic carbocycles. The van der Waals surface area contributed by atoms with Crippen LogP contribution in [-0.2, 0) is 11.3 Å². The molecule has 20 heavy (non-hydrogen) atoms. The molecule has 106 valence electrons. The average Bonchev–Trinajstić information content (AvgIpc) is 2.78. The summed E-state index contributed by atoms with van der Waals surface area (Å²) >= 11 is 0. The number of aromatic nitrogens is 1. The van der Waals surface area contributed by atoms with Crippen molar-refractivity contribution in [2.75, 3.05) is 11.4 Å². The molecule has 0 saturated carbocycles. The second-order valence-corrected chi connectivity index (χ2v) is 4.99. The fourth-order valence-electron chi connectivity index (χ4n) is 2.51.